The summed E-state index contributed by atoms with van der Waals surface area (Å²) in [5, 5.41) is 0. The molecule has 0 aliphatic rings. The SMILES string of the molecule is CCN(C(=O)CSc1ccncc1N)c1ccccc1. The number of nitrogen functional groups attached to an aromatic ring is 1. The number of carbonyl (C=O) groups excluding carboxylic acids is 1. The molecular formula is C15H17N3OS. The topological polar surface area (TPSA) is 59.2 Å². The Morgan fingerprint density at radius 3 is 2.70 bits per heavy atom. The van der Waals surface area contributed by atoms with E-state index in [4.69, 9.17) is 5.73 Å². The first kappa shape index (κ1) is 14.4. The van der Waals surface area contributed by atoms with E-state index in [2.05, 4.69) is 4.98 Å². The lowest BCUT2D eigenvalue weighted by Gasteiger charge is -2.20. The van der Waals surface area contributed by atoms with Gasteiger partial charge in [-0.3, -0.25) is 9.78 Å². The van der Waals surface area contributed by atoms with E-state index in [1.54, 1.807) is 17.3 Å². The Hall–Kier alpha value is -2.01. The zero-order valence-electron chi connectivity index (χ0n) is 11.3. The lowest BCUT2D eigenvalue weighted by molar-refractivity contribution is -0.116. The fourth-order valence-corrected chi connectivity index (χ4v) is 2.66. The second kappa shape index (κ2) is 6.96. The first-order valence-corrected chi connectivity index (χ1v) is 7.38. The van der Waals surface area contributed by atoms with Crippen LogP contribution in [0.15, 0.2) is 53.7 Å². The summed E-state index contributed by atoms with van der Waals surface area (Å²) < 4.78 is 0. The molecule has 4 nitrogen and oxygen atoms in total. The molecule has 1 aromatic carbocycles. The van der Waals surface area contributed by atoms with Crippen LogP contribution in [0.4, 0.5) is 11.4 Å². The second-order valence-corrected chi connectivity index (χ2v) is 5.19. The smallest absolute Gasteiger partial charge is 0.237 e. The average molecular weight is 287 g/mol. The van der Waals surface area contributed by atoms with Gasteiger partial charge in [0.25, 0.3) is 0 Å². The fraction of sp³-hybridized carbons (Fsp3) is 0.200. The summed E-state index contributed by atoms with van der Waals surface area (Å²) in [6.07, 6.45) is 3.28. The number of anilines is 2. The van der Waals surface area contributed by atoms with E-state index in [-0.39, 0.29) is 5.91 Å². The van der Waals surface area contributed by atoms with Crippen LogP contribution in [-0.2, 0) is 4.79 Å². The van der Waals surface area contributed by atoms with Crippen molar-refractivity contribution < 1.29 is 4.79 Å². The Morgan fingerprint density at radius 2 is 2.05 bits per heavy atom. The minimum atomic E-state index is 0.0694. The van der Waals surface area contributed by atoms with Crippen LogP contribution in [0.25, 0.3) is 0 Å². The van der Waals surface area contributed by atoms with Gasteiger partial charge in [-0.05, 0) is 25.1 Å². The molecule has 0 radical (unpaired) electrons. The second-order valence-electron chi connectivity index (χ2n) is 4.18. The third-order valence-electron chi connectivity index (χ3n) is 2.85. The van der Waals surface area contributed by atoms with E-state index in [1.807, 2.05) is 43.3 Å². The molecule has 2 aromatic rings. The van der Waals surface area contributed by atoms with Gasteiger partial charge in [0.05, 0.1) is 17.6 Å². The zero-order valence-corrected chi connectivity index (χ0v) is 12.1. The molecule has 20 heavy (non-hydrogen) atoms. The van der Waals surface area contributed by atoms with E-state index < -0.39 is 0 Å². The van der Waals surface area contributed by atoms with Crippen molar-refractivity contribution in [1.29, 1.82) is 0 Å². The molecule has 0 fully saturated rings. The number of carbonyl (C=O) groups is 1. The molecule has 0 saturated carbocycles. The molecule has 0 unspecified atom stereocenters. The molecule has 0 saturated heterocycles. The number of hydrogen-bond acceptors (Lipinski definition) is 4. The molecule has 0 bridgehead atoms. The molecule has 0 atom stereocenters. The van der Waals surface area contributed by atoms with Crippen LogP contribution in [-0.4, -0.2) is 23.2 Å². The summed E-state index contributed by atoms with van der Waals surface area (Å²) in [5.41, 5.74) is 7.34. The molecule has 1 heterocycles. The fourth-order valence-electron chi connectivity index (χ4n) is 1.85. The highest BCUT2D eigenvalue weighted by Crippen LogP contribution is 2.24. The molecule has 1 aromatic heterocycles. The number of para-hydroxylation sites is 1. The number of aromatic nitrogens is 1. The summed E-state index contributed by atoms with van der Waals surface area (Å²) in [5.74, 6) is 0.427. The lowest BCUT2D eigenvalue weighted by atomic mass is 10.3. The van der Waals surface area contributed by atoms with Gasteiger partial charge in [0, 0.05) is 23.3 Å². The molecule has 5 heteroatoms. The van der Waals surface area contributed by atoms with Gasteiger partial charge in [0.2, 0.25) is 5.91 Å². The van der Waals surface area contributed by atoms with Crippen LogP contribution in [0.5, 0.6) is 0 Å². The highest BCUT2D eigenvalue weighted by Gasteiger charge is 2.14. The number of nitrogens with zero attached hydrogens (tertiary/aromatic N) is 2. The van der Waals surface area contributed by atoms with Gasteiger partial charge in [-0.25, -0.2) is 0 Å². The predicted molar refractivity (Wildman–Crippen MR) is 83.8 cm³/mol. The first-order valence-electron chi connectivity index (χ1n) is 6.40. The minimum Gasteiger partial charge on any atom is -0.397 e. The number of nitrogens with two attached hydrogens (primary N) is 1. The number of hydrogen-bond donors (Lipinski definition) is 1. The normalized spacial score (nSPS) is 10.2. The van der Waals surface area contributed by atoms with Crippen LogP contribution in [0.1, 0.15) is 6.92 Å². The van der Waals surface area contributed by atoms with Crippen molar-refractivity contribution in [1.82, 2.24) is 4.98 Å². The Morgan fingerprint density at radius 1 is 1.30 bits per heavy atom. The van der Waals surface area contributed by atoms with E-state index in [9.17, 15) is 4.79 Å². The average Bonchev–Trinajstić information content (AvgIpc) is 2.48. The summed E-state index contributed by atoms with van der Waals surface area (Å²) in [6.45, 7) is 2.62. The highest BCUT2D eigenvalue weighted by atomic mass is 32.2. The summed E-state index contributed by atoms with van der Waals surface area (Å²) in [7, 11) is 0. The van der Waals surface area contributed by atoms with Crippen LogP contribution < -0.4 is 10.6 Å². The van der Waals surface area contributed by atoms with Gasteiger partial charge in [0.15, 0.2) is 0 Å². The van der Waals surface area contributed by atoms with Gasteiger partial charge in [-0.1, -0.05) is 18.2 Å². The molecule has 0 spiro atoms. The molecular weight excluding hydrogens is 270 g/mol. The number of benzene rings is 1. The molecule has 1 amide bonds. The third kappa shape index (κ3) is 3.51. The van der Waals surface area contributed by atoms with Gasteiger partial charge < -0.3 is 10.6 Å². The Bertz CT molecular complexity index is 574. The summed E-state index contributed by atoms with van der Waals surface area (Å²) in [4.78, 5) is 18.9. The monoisotopic (exact) mass is 287 g/mol. The van der Waals surface area contributed by atoms with Gasteiger partial charge in [0.1, 0.15) is 0 Å². The lowest BCUT2D eigenvalue weighted by Crippen LogP contribution is -2.32. The van der Waals surface area contributed by atoms with Crippen molar-refractivity contribution in [3.8, 4) is 0 Å². The van der Waals surface area contributed by atoms with E-state index in [0.717, 1.165) is 10.6 Å². The predicted octanol–water partition coefficient (Wildman–Crippen LogP) is 2.81. The number of thioether (sulfide) groups is 1. The molecule has 2 rings (SSSR count). The van der Waals surface area contributed by atoms with Gasteiger partial charge >= 0.3 is 0 Å². The van der Waals surface area contributed by atoms with Crippen LogP contribution in [0.2, 0.25) is 0 Å². The molecule has 0 aliphatic heterocycles. The van der Waals surface area contributed by atoms with Crippen molar-refractivity contribution in [3.05, 3.63) is 48.8 Å². The maximum Gasteiger partial charge on any atom is 0.237 e. The maximum atomic E-state index is 12.3. The van der Waals surface area contributed by atoms with E-state index in [1.165, 1.54) is 11.8 Å². The maximum absolute atomic E-state index is 12.3. The standard InChI is InChI=1S/C15H17N3OS/c1-2-18(12-6-4-3-5-7-12)15(19)11-20-14-8-9-17-10-13(14)16/h3-10H,2,11,16H2,1H3. The molecule has 104 valence electrons. The van der Waals surface area contributed by atoms with Gasteiger partial charge in [-0.2, -0.15) is 0 Å². The Labute approximate surface area is 123 Å². The number of rotatable bonds is 5. The number of pyridine rings is 1. The zero-order chi connectivity index (χ0) is 14.4. The van der Waals surface area contributed by atoms with Crippen molar-refractivity contribution in [2.75, 3.05) is 22.9 Å². The van der Waals surface area contributed by atoms with Crippen molar-refractivity contribution in [3.63, 3.8) is 0 Å². The van der Waals surface area contributed by atoms with Gasteiger partial charge in [-0.15, -0.1) is 11.8 Å². The van der Waals surface area contributed by atoms with Crippen molar-refractivity contribution in [2.24, 2.45) is 0 Å². The Kier molecular flexibility index (Phi) is 5.01. The number of amides is 1. The van der Waals surface area contributed by atoms with E-state index in [0.29, 0.717) is 18.0 Å². The first-order chi connectivity index (χ1) is 9.72. The summed E-state index contributed by atoms with van der Waals surface area (Å²) in [6, 6.07) is 11.5. The van der Waals surface area contributed by atoms with E-state index >= 15 is 0 Å². The molecule has 0 aliphatic carbocycles. The van der Waals surface area contributed by atoms with Crippen LogP contribution in [0.3, 0.4) is 0 Å². The Balaban J connectivity index is 2.02. The molecule has 2 N–H and O–H groups in total. The largest absolute Gasteiger partial charge is 0.397 e. The van der Waals surface area contributed by atoms with Crippen molar-refractivity contribution >= 4 is 29.0 Å². The van der Waals surface area contributed by atoms with Crippen LogP contribution in [0, 0.1) is 0 Å². The highest BCUT2D eigenvalue weighted by molar-refractivity contribution is 8.00. The third-order valence-corrected chi connectivity index (χ3v) is 3.92. The summed E-state index contributed by atoms with van der Waals surface area (Å²) >= 11 is 1.44. The van der Waals surface area contributed by atoms with Crippen LogP contribution >= 0.6 is 11.8 Å². The minimum absolute atomic E-state index is 0.0694. The van der Waals surface area contributed by atoms with Crippen molar-refractivity contribution in [2.45, 2.75) is 11.8 Å². The quantitative estimate of drug-likeness (QED) is 0.859.